The van der Waals surface area contributed by atoms with E-state index in [4.69, 9.17) is 9.47 Å². The standard InChI is InChI=1S/C24H27NO4/c1-3-17-29-24-19(7-5-8-22(24)28-4-2)12-15-21(26)18-10-13-20(14-11-18)25-16-6-9-23(25)27/h5,7-8,10-15H,3-4,6,9,16-17H2,1-2H3/b15-12+. The van der Waals surface area contributed by atoms with Crippen LogP contribution in [0.5, 0.6) is 11.5 Å². The third-order valence-electron chi connectivity index (χ3n) is 4.71. The molecule has 1 aliphatic heterocycles. The predicted octanol–water partition coefficient (Wildman–Crippen LogP) is 4.90. The molecule has 5 heteroatoms. The van der Waals surface area contributed by atoms with Crippen molar-refractivity contribution < 1.29 is 19.1 Å². The van der Waals surface area contributed by atoms with Gasteiger partial charge in [-0.3, -0.25) is 9.59 Å². The van der Waals surface area contributed by atoms with Crippen LogP contribution >= 0.6 is 0 Å². The van der Waals surface area contributed by atoms with Gasteiger partial charge in [0.15, 0.2) is 17.3 Å². The van der Waals surface area contributed by atoms with E-state index in [-0.39, 0.29) is 11.7 Å². The molecule has 5 nitrogen and oxygen atoms in total. The summed E-state index contributed by atoms with van der Waals surface area (Å²) in [5.74, 6) is 1.36. The minimum Gasteiger partial charge on any atom is -0.490 e. The molecular formula is C24H27NO4. The molecule has 29 heavy (non-hydrogen) atoms. The van der Waals surface area contributed by atoms with Gasteiger partial charge in [-0.2, -0.15) is 0 Å². The van der Waals surface area contributed by atoms with Gasteiger partial charge in [-0.1, -0.05) is 19.1 Å². The Hall–Kier alpha value is -3.08. The number of benzene rings is 2. The van der Waals surface area contributed by atoms with Gasteiger partial charge in [0.1, 0.15) is 0 Å². The number of rotatable bonds is 9. The van der Waals surface area contributed by atoms with Crippen molar-refractivity contribution in [3.63, 3.8) is 0 Å². The fourth-order valence-corrected chi connectivity index (χ4v) is 3.28. The molecule has 0 aliphatic carbocycles. The summed E-state index contributed by atoms with van der Waals surface area (Å²) < 4.78 is 11.5. The van der Waals surface area contributed by atoms with Gasteiger partial charge >= 0.3 is 0 Å². The van der Waals surface area contributed by atoms with Crippen LogP contribution in [0.4, 0.5) is 5.69 Å². The number of nitrogens with zero attached hydrogens (tertiary/aromatic N) is 1. The highest BCUT2D eigenvalue weighted by molar-refractivity contribution is 6.07. The van der Waals surface area contributed by atoms with Gasteiger partial charge in [-0.25, -0.2) is 0 Å². The summed E-state index contributed by atoms with van der Waals surface area (Å²) in [6, 6.07) is 12.8. The fraction of sp³-hybridized carbons (Fsp3) is 0.333. The van der Waals surface area contributed by atoms with Crippen LogP contribution in [0, 0.1) is 0 Å². The van der Waals surface area contributed by atoms with Crippen molar-refractivity contribution in [1.29, 1.82) is 0 Å². The lowest BCUT2D eigenvalue weighted by molar-refractivity contribution is -0.117. The summed E-state index contributed by atoms with van der Waals surface area (Å²) in [7, 11) is 0. The van der Waals surface area contributed by atoms with Crippen LogP contribution < -0.4 is 14.4 Å². The van der Waals surface area contributed by atoms with Gasteiger partial charge in [-0.05, 0) is 62.2 Å². The number of hydrogen-bond acceptors (Lipinski definition) is 4. The molecule has 0 bridgehead atoms. The molecule has 1 aliphatic rings. The van der Waals surface area contributed by atoms with Crippen LogP contribution in [0.2, 0.25) is 0 Å². The highest BCUT2D eigenvalue weighted by atomic mass is 16.5. The maximum Gasteiger partial charge on any atom is 0.227 e. The number of para-hydroxylation sites is 1. The zero-order valence-corrected chi connectivity index (χ0v) is 17.0. The van der Waals surface area contributed by atoms with Gasteiger partial charge in [0.05, 0.1) is 13.2 Å². The molecule has 0 aromatic heterocycles. The molecule has 1 saturated heterocycles. The van der Waals surface area contributed by atoms with Crippen molar-refractivity contribution in [2.75, 3.05) is 24.7 Å². The Morgan fingerprint density at radius 3 is 2.55 bits per heavy atom. The average molecular weight is 393 g/mol. The van der Waals surface area contributed by atoms with E-state index >= 15 is 0 Å². The topological polar surface area (TPSA) is 55.8 Å². The van der Waals surface area contributed by atoms with E-state index in [0.29, 0.717) is 36.7 Å². The molecule has 2 aromatic rings. The number of amides is 1. The normalized spacial score (nSPS) is 13.9. The van der Waals surface area contributed by atoms with Gasteiger partial charge in [0, 0.05) is 29.8 Å². The van der Waals surface area contributed by atoms with Crippen molar-refractivity contribution in [2.24, 2.45) is 0 Å². The Balaban J connectivity index is 1.76. The number of ketones is 1. The minimum absolute atomic E-state index is 0.104. The fourth-order valence-electron chi connectivity index (χ4n) is 3.28. The number of carbonyl (C=O) groups is 2. The molecule has 1 fully saturated rings. The molecular weight excluding hydrogens is 366 g/mol. The van der Waals surface area contributed by atoms with Crippen LogP contribution in [0.15, 0.2) is 48.5 Å². The lowest BCUT2D eigenvalue weighted by Gasteiger charge is -2.15. The van der Waals surface area contributed by atoms with Gasteiger partial charge in [0.25, 0.3) is 0 Å². The van der Waals surface area contributed by atoms with Crippen LogP contribution in [-0.4, -0.2) is 31.4 Å². The first-order chi connectivity index (χ1) is 14.1. The zero-order chi connectivity index (χ0) is 20.6. The van der Waals surface area contributed by atoms with Crippen molar-refractivity contribution >= 4 is 23.5 Å². The Bertz CT molecular complexity index is 886. The second-order valence-electron chi connectivity index (χ2n) is 6.85. The summed E-state index contributed by atoms with van der Waals surface area (Å²) >= 11 is 0. The molecule has 0 saturated carbocycles. The second kappa shape index (κ2) is 9.92. The maximum absolute atomic E-state index is 12.6. The molecule has 1 heterocycles. The van der Waals surface area contributed by atoms with Crippen molar-refractivity contribution in [2.45, 2.75) is 33.1 Å². The lowest BCUT2D eigenvalue weighted by Crippen LogP contribution is -2.23. The van der Waals surface area contributed by atoms with E-state index < -0.39 is 0 Å². The molecule has 0 atom stereocenters. The van der Waals surface area contributed by atoms with Gasteiger partial charge in [-0.15, -0.1) is 0 Å². The molecule has 0 spiro atoms. The molecule has 0 N–H and O–H groups in total. The number of hydrogen-bond donors (Lipinski definition) is 0. The second-order valence-corrected chi connectivity index (χ2v) is 6.85. The monoisotopic (exact) mass is 393 g/mol. The SMILES string of the molecule is CCCOc1c(/C=C/C(=O)c2ccc(N3CCCC3=O)cc2)cccc1OCC. The molecule has 3 rings (SSSR count). The van der Waals surface area contributed by atoms with Crippen LogP contribution in [0.1, 0.15) is 49.0 Å². The quantitative estimate of drug-likeness (QED) is 0.449. The van der Waals surface area contributed by atoms with E-state index in [1.807, 2.05) is 44.2 Å². The lowest BCUT2D eigenvalue weighted by atomic mass is 10.1. The van der Waals surface area contributed by atoms with Crippen molar-refractivity contribution in [1.82, 2.24) is 0 Å². The average Bonchev–Trinajstić information content (AvgIpc) is 3.17. The summed E-state index contributed by atoms with van der Waals surface area (Å²) in [5, 5.41) is 0. The van der Waals surface area contributed by atoms with E-state index in [0.717, 1.165) is 30.6 Å². The number of anilines is 1. The van der Waals surface area contributed by atoms with E-state index in [1.54, 1.807) is 29.2 Å². The molecule has 1 amide bonds. The Morgan fingerprint density at radius 1 is 1.10 bits per heavy atom. The Morgan fingerprint density at radius 2 is 1.90 bits per heavy atom. The Kier molecular flexibility index (Phi) is 7.06. The Labute approximate surface area is 171 Å². The maximum atomic E-state index is 12.6. The summed E-state index contributed by atoms with van der Waals surface area (Å²) in [6.07, 6.45) is 5.65. The first-order valence-electron chi connectivity index (χ1n) is 10.2. The highest BCUT2D eigenvalue weighted by Crippen LogP contribution is 2.32. The number of carbonyl (C=O) groups excluding carboxylic acids is 2. The third-order valence-corrected chi connectivity index (χ3v) is 4.71. The van der Waals surface area contributed by atoms with Gasteiger partial charge < -0.3 is 14.4 Å². The molecule has 0 radical (unpaired) electrons. The smallest absolute Gasteiger partial charge is 0.227 e. The number of ether oxygens (including phenoxy) is 2. The van der Waals surface area contributed by atoms with Gasteiger partial charge in [0.2, 0.25) is 5.91 Å². The largest absolute Gasteiger partial charge is 0.490 e. The molecule has 152 valence electrons. The summed E-state index contributed by atoms with van der Waals surface area (Å²) in [4.78, 5) is 26.2. The first-order valence-corrected chi connectivity index (χ1v) is 10.2. The zero-order valence-electron chi connectivity index (χ0n) is 17.0. The van der Waals surface area contributed by atoms with E-state index in [9.17, 15) is 9.59 Å². The molecule has 2 aromatic carbocycles. The van der Waals surface area contributed by atoms with Crippen LogP contribution in [-0.2, 0) is 4.79 Å². The number of allylic oxidation sites excluding steroid dienone is 1. The van der Waals surface area contributed by atoms with Crippen molar-refractivity contribution in [3.05, 3.63) is 59.7 Å². The highest BCUT2D eigenvalue weighted by Gasteiger charge is 2.21. The minimum atomic E-state index is -0.104. The third kappa shape index (κ3) is 5.05. The van der Waals surface area contributed by atoms with E-state index in [2.05, 4.69) is 0 Å². The van der Waals surface area contributed by atoms with Crippen LogP contribution in [0.25, 0.3) is 6.08 Å². The predicted molar refractivity (Wildman–Crippen MR) is 115 cm³/mol. The molecule has 0 unspecified atom stereocenters. The first kappa shape index (κ1) is 20.6. The van der Waals surface area contributed by atoms with E-state index in [1.165, 1.54) is 0 Å². The summed E-state index contributed by atoms with van der Waals surface area (Å²) in [6.45, 7) is 5.83. The summed E-state index contributed by atoms with van der Waals surface area (Å²) in [5.41, 5.74) is 2.22. The van der Waals surface area contributed by atoms with Crippen LogP contribution in [0.3, 0.4) is 0 Å². The van der Waals surface area contributed by atoms with Crippen molar-refractivity contribution in [3.8, 4) is 11.5 Å².